The Morgan fingerprint density at radius 1 is 0.810 bits per heavy atom. The van der Waals surface area contributed by atoms with Crippen LogP contribution in [0.1, 0.15) is 20.7 Å². The molecule has 0 saturated carbocycles. The predicted octanol–water partition coefficient (Wildman–Crippen LogP) is 2.26. The Labute approximate surface area is 147 Å². The molecule has 0 aliphatic rings. The van der Waals surface area contributed by atoms with Gasteiger partial charge in [-0.3, -0.25) is 0 Å². The summed E-state index contributed by atoms with van der Waals surface area (Å²) in [5, 5.41) is 18.5. The van der Waals surface area contributed by atoms with Gasteiger partial charge in [0.15, 0.2) is 0 Å². The fourth-order valence-corrected chi connectivity index (χ4v) is 5.27. The number of hydrogen-bond acceptors (Lipinski definition) is 2. The molecule has 108 valence electrons. The zero-order valence-corrected chi connectivity index (χ0v) is 15.8. The Morgan fingerprint density at radius 2 is 1.19 bits per heavy atom. The molecule has 0 fully saturated rings. The second kappa shape index (κ2) is 6.93. The third kappa shape index (κ3) is 4.07. The molecule has 4 nitrogen and oxygen atoms in total. The van der Waals surface area contributed by atoms with Gasteiger partial charge in [0.2, 0.25) is 0 Å². The fraction of sp³-hybridized carbons (Fsp3) is 0. The van der Waals surface area contributed by atoms with Crippen molar-refractivity contribution in [1.82, 2.24) is 0 Å². The molecule has 0 bridgehead atoms. The van der Waals surface area contributed by atoms with E-state index >= 15 is 0 Å². The molecule has 0 unspecified atom stereocenters. The molecular formula is C14H8Br2O4Te. The quantitative estimate of drug-likeness (QED) is 0.599. The van der Waals surface area contributed by atoms with Gasteiger partial charge in [-0.15, -0.1) is 0 Å². The Hall–Kier alpha value is -0.870. The van der Waals surface area contributed by atoms with Crippen LogP contribution in [0.2, 0.25) is 0 Å². The van der Waals surface area contributed by atoms with Crippen molar-refractivity contribution in [3.63, 3.8) is 0 Å². The number of aromatic carboxylic acids is 2. The Morgan fingerprint density at radius 3 is 1.52 bits per heavy atom. The Balaban J connectivity index is 2.48. The van der Waals surface area contributed by atoms with Crippen molar-refractivity contribution in [1.29, 1.82) is 0 Å². The van der Waals surface area contributed by atoms with E-state index in [0.29, 0.717) is 16.2 Å². The normalized spacial score (nSPS) is 10.4. The van der Waals surface area contributed by atoms with Crippen LogP contribution >= 0.6 is 31.9 Å². The van der Waals surface area contributed by atoms with E-state index in [1.165, 1.54) is 0 Å². The van der Waals surface area contributed by atoms with E-state index in [-0.39, 0.29) is 11.1 Å². The van der Waals surface area contributed by atoms with Crippen LogP contribution in [-0.2, 0) is 0 Å². The van der Waals surface area contributed by atoms with Crippen LogP contribution in [0.25, 0.3) is 0 Å². The van der Waals surface area contributed by atoms with Crippen LogP contribution in [0, 0.1) is 0 Å². The summed E-state index contributed by atoms with van der Waals surface area (Å²) in [5.74, 6) is -2.02. The standard InChI is InChI=1S/C14H8Br2O4Te/c15-7-1-3-11(9(5-7)13(17)18)21-12-4-2-8(16)6-10(12)14(19)20/h1-6H,(H,17,18)(H,19,20). The first-order valence-corrected chi connectivity index (χ1v) is 9.53. The molecular weight excluding hydrogens is 520 g/mol. The molecule has 2 aromatic carbocycles. The van der Waals surface area contributed by atoms with Crippen molar-refractivity contribution in [2.45, 2.75) is 0 Å². The van der Waals surface area contributed by atoms with Gasteiger partial charge in [-0.1, -0.05) is 0 Å². The molecule has 0 amide bonds. The molecule has 7 heteroatoms. The monoisotopic (exact) mass is 528 g/mol. The Bertz CT molecular complexity index is 669. The minimum atomic E-state index is -1.12. The van der Waals surface area contributed by atoms with Crippen LogP contribution in [0.3, 0.4) is 0 Å². The molecule has 0 radical (unpaired) electrons. The van der Waals surface area contributed by atoms with Crippen LogP contribution in [0.15, 0.2) is 45.3 Å². The summed E-state index contributed by atoms with van der Waals surface area (Å²) in [6.45, 7) is 0. The zero-order valence-electron chi connectivity index (χ0n) is 10.3. The van der Waals surface area contributed by atoms with Gasteiger partial charge in [0, 0.05) is 0 Å². The topological polar surface area (TPSA) is 74.6 Å². The van der Waals surface area contributed by atoms with Crippen molar-refractivity contribution in [3.8, 4) is 0 Å². The number of benzene rings is 2. The van der Waals surface area contributed by atoms with E-state index in [9.17, 15) is 19.8 Å². The van der Waals surface area contributed by atoms with E-state index in [1.807, 2.05) is 0 Å². The third-order valence-corrected chi connectivity index (χ3v) is 6.84. The SMILES string of the molecule is O=C(O)c1cc(Br)ccc1[Te]c1ccc(Br)cc1C(=O)O. The van der Waals surface area contributed by atoms with Crippen molar-refractivity contribution in [3.05, 3.63) is 56.5 Å². The average molecular weight is 528 g/mol. The van der Waals surface area contributed by atoms with Crippen LogP contribution in [0.5, 0.6) is 0 Å². The molecule has 2 rings (SSSR count). The minimum absolute atomic E-state index is 0.214. The molecule has 21 heavy (non-hydrogen) atoms. The van der Waals surface area contributed by atoms with Gasteiger partial charge < -0.3 is 0 Å². The predicted molar refractivity (Wildman–Crippen MR) is 87.2 cm³/mol. The average Bonchev–Trinajstić information content (AvgIpc) is 2.42. The van der Waals surface area contributed by atoms with Crippen molar-refractivity contribution in [2.75, 3.05) is 0 Å². The molecule has 2 aromatic rings. The van der Waals surface area contributed by atoms with E-state index in [2.05, 4.69) is 31.9 Å². The number of carboxylic acid groups (broad SMARTS) is 2. The van der Waals surface area contributed by atoms with Crippen molar-refractivity contribution >= 4 is 71.9 Å². The molecule has 0 aliphatic heterocycles. The number of carbonyl (C=O) groups is 2. The maximum absolute atomic E-state index is 11.3. The van der Waals surface area contributed by atoms with Gasteiger partial charge in [0.1, 0.15) is 0 Å². The summed E-state index contributed by atoms with van der Waals surface area (Å²) in [6, 6.07) is 10.1. The second-order valence-corrected chi connectivity index (χ2v) is 8.92. The molecule has 0 aromatic heterocycles. The number of carboxylic acids is 2. The molecule has 2 N–H and O–H groups in total. The van der Waals surface area contributed by atoms with Crippen molar-refractivity contribution in [2.24, 2.45) is 0 Å². The number of rotatable bonds is 4. The summed E-state index contributed by atoms with van der Waals surface area (Å²) in [5.41, 5.74) is 0.428. The van der Waals surface area contributed by atoms with Gasteiger partial charge in [-0.2, -0.15) is 0 Å². The van der Waals surface area contributed by atoms with E-state index < -0.39 is 32.9 Å². The molecule has 0 aliphatic carbocycles. The van der Waals surface area contributed by atoms with Gasteiger partial charge in [-0.25, -0.2) is 0 Å². The molecule has 0 spiro atoms. The first-order valence-electron chi connectivity index (χ1n) is 5.62. The fourth-order valence-electron chi connectivity index (χ4n) is 1.64. The Kier molecular flexibility index (Phi) is 5.44. The first kappa shape index (κ1) is 16.5. The van der Waals surface area contributed by atoms with Crippen LogP contribution in [-0.4, -0.2) is 43.1 Å². The number of halogens is 2. The second-order valence-electron chi connectivity index (χ2n) is 3.99. The first-order chi connectivity index (χ1) is 9.88. The van der Waals surface area contributed by atoms with Gasteiger partial charge in [0.05, 0.1) is 0 Å². The van der Waals surface area contributed by atoms with E-state index in [1.54, 1.807) is 36.4 Å². The summed E-state index contributed by atoms with van der Waals surface area (Å²) < 4.78 is 2.76. The van der Waals surface area contributed by atoms with Crippen molar-refractivity contribution < 1.29 is 19.8 Å². The molecule has 0 heterocycles. The zero-order chi connectivity index (χ0) is 15.6. The molecule has 0 saturated heterocycles. The van der Waals surface area contributed by atoms with Gasteiger partial charge in [-0.05, 0) is 0 Å². The third-order valence-electron chi connectivity index (χ3n) is 2.56. The summed E-state index contributed by atoms with van der Waals surface area (Å²) >= 11 is 5.38. The van der Waals surface area contributed by atoms with Crippen LogP contribution in [0.4, 0.5) is 0 Å². The summed E-state index contributed by atoms with van der Waals surface area (Å²) in [6.07, 6.45) is 0. The van der Waals surface area contributed by atoms with E-state index in [0.717, 1.165) is 0 Å². The molecule has 0 atom stereocenters. The van der Waals surface area contributed by atoms with Crippen LogP contribution < -0.4 is 7.22 Å². The van der Waals surface area contributed by atoms with Gasteiger partial charge in [0.25, 0.3) is 0 Å². The number of hydrogen-bond donors (Lipinski definition) is 2. The van der Waals surface area contributed by atoms with E-state index in [4.69, 9.17) is 0 Å². The van der Waals surface area contributed by atoms with Gasteiger partial charge >= 0.3 is 148 Å². The summed E-state index contributed by atoms with van der Waals surface area (Å²) in [4.78, 5) is 22.6. The maximum atomic E-state index is 11.3. The summed E-state index contributed by atoms with van der Waals surface area (Å²) in [7, 11) is 0.